The molecule has 0 amide bonds. The van der Waals surface area contributed by atoms with Crippen LogP contribution in [0.4, 0.5) is 5.69 Å². The second-order valence-electron chi connectivity index (χ2n) is 7.65. The molecule has 1 N–H and O–H groups in total. The molecule has 0 atom stereocenters. The van der Waals surface area contributed by atoms with Crippen molar-refractivity contribution in [1.82, 2.24) is 9.80 Å². The van der Waals surface area contributed by atoms with Crippen LogP contribution in [0.5, 0.6) is 0 Å². The SMILES string of the molecule is CN(CCN1CCN(c2ccccc2)CC1)CCC1(O)CCCC1. The quantitative estimate of drug-likeness (QED) is 0.831. The van der Waals surface area contributed by atoms with Crippen molar-refractivity contribution < 1.29 is 5.11 Å². The number of likely N-dealkylation sites (N-methyl/N-ethyl adjacent to an activating group) is 1. The fraction of sp³-hybridized carbons (Fsp3) is 0.700. The normalized spacial score (nSPS) is 21.5. The van der Waals surface area contributed by atoms with Crippen molar-refractivity contribution in [2.24, 2.45) is 0 Å². The molecule has 1 aliphatic carbocycles. The van der Waals surface area contributed by atoms with Gasteiger partial charge in [-0.05, 0) is 38.4 Å². The number of hydrogen-bond donors (Lipinski definition) is 1. The summed E-state index contributed by atoms with van der Waals surface area (Å²) < 4.78 is 0. The molecule has 0 spiro atoms. The van der Waals surface area contributed by atoms with E-state index in [9.17, 15) is 5.11 Å². The first kappa shape index (κ1) is 17.7. The van der Waals surface area contributed by atoms with Crippen molar-refractivity contribution in [1.29, 1.82) is 0 Å². The summed E-state index contributed by atoms with van der Waals surface area (Å²) in [5, 5.41) is 10.5. The zero-order chi connectivity index (χ0) is 16.8. The highest BCUT2D eigenvalue weighted by atomic mass is 16.3. The number of nitrogens with zero attached hydrogens (tertiary/aromatic N) is 3. The molecule has 4 heteroatoms. The molecule has 24 heavy (non-hydrogen) atoms. The Hall–Kier alpha value is -1.10. The summed E-state index contributed by atoms with van der Waals surface area (Å²) in [5.74, 6) is 0. The number of rotatable bonds is 7. The summed E-state index contributed by atoms with van der Waals surface area (Å²) >= 11 is 0. The number of benzene rings is 1. The first-order chi connectivity index (χ1) is 11.6. The third-order valence-electron chi connectivity index (χ3n) is 5.78. The number of anilines is 1. The average Bonchev–Trinajstić information content (AvgIpc) is 3.06. The van der Waals surface area contributed by atoms with Gasteiger partial charge in [-0.25, -0.2) is 0 Å². The first-order valence-corrected chi connectivity index (χ1v) is 9.58. The molecule has 1 aliphatic heterocycles. The van der Waals surface area contributed by atoms with Gasteiger partial charge in [0.05, 0.1) is 5.60 Å². The van der Waals surface area contributed by atoms with E-state index in [0.717, 1.165) is 65.1 Å². The number of hydrogen-bond acceptors (Lipinski definition) is 4. The Kier molecular flexibility index (Phi) is 6.14. The van der Waals surface area contributed by atoms with Crippen molar-refractivity contribution in [2.75, 3.05) is 57.8 Å². The topological polar surface area (TPSA) is 30.0 Å². The smallest absolute Gasteiger partial charge is 0.0660 e. The van der Waals surface area contributed by atoms with Crippen LogP contribution >= 0.6 is 0 Å². The van der Waals surface area contributed by atoms with Gasteiger partial charge in [-0.2, -0.15) is 0 Å². The second-order valence-corrected chi connectivity index (χ2v) is 7.65. The van der Waals surface area contributed by atoms with E-state index < -0.39 is 0 Å². The van der Waals surface area contributed by atoms with Gasteiger partial charge in [-0.1, -0.05) is 31.0 Å². The van der Waals surface area contributed by atoms with E-state index in [1.54, 1.807) is 0 Å². The highest BCUT2D eigenvalue weighted by Crippen LogP contribution is 2.32. The van der Waals surface area contributed by atoms with Gasteiger partial charge < -0.3 is 14.9 Å². The minimum atomic E-state index is -0.366. The molecule has 1 saturated carbocycles. The fourth-order valence-corrected chi connectivity index (χ4v) is 3.97. The Morgan fingerprint density at radius 3 is 2.33 bits per heavy atom. The highest BCUT2D eigenvalue weighted by Gasteiger charge is 2.30. The molecular formula is C20H33N3O. The van der Waals surface area contributed by atoms with Crippen LogP contribution in [-0.4, -0.2) is 73.4 Å². The Balaban J connectivity index is 1.33. The van der Waals surface area contributed by atoms with Crippen LogP contribution in [0.2, 0.25) is 0 Å². The van der Waals surface area contributed by atoms with Crippen molar-refractivity contribution in [3.05, 3.63) is 30.3 Å². The second kappa shape index (κ2) is 8.32. The molecule has 4 nitrogen and oxygen atoms in total. The van der Waals surface area contributed by atoms with Crippen molar-refractivity contribution in [2.45, 2.75) is 37.7 Å². The molecule has 1 aromatic carbocycles. The van der Waals surface area contributed by atoms with Gasteiger partial charge in [0.15, 0.2) is 0 Å². The van der Waals surface area contributed by atoms with E-state index in [1.165, 1.54) is 18.5 Å². The summed E-state index contributed by atoms with van der Waals surface area (Å²) in [6.07, 6.45) is 5.34. The third kappa shape index (κ3) is 4.95. The monoisotopic (exact) mass is 331 g/mol. The Bertz CT molecular complexity index is 479. The molecule has 2 fully saturated rings. The Morgan fingerprint density at radius 2 is 1.67 bits per heavy atom. The van der Waals surface area contributed by atoms with E-state index in [-0.39, 0.29) is 5.60 Å². The van der Waals surface area contributed by atoms with Crippen LogP contribution in [0.3, 0.4) is 0 Å². The predicted octanol–water partition coefficient (Wildman–Crippen LogP) is 2.44. The van der Waals surface area contributed by atoms with Gasteiger partial charge in [-0.15, -0.1) is 0 Å². The molecule has 1 saturated heterocycles. The van der Waals surface area contributed by atoms with Gasteiger partial charge in [0.25, 0.3) is 0 Å². The van der Waals surface area contributed by atoms with Gasteiger partial charge in [0.1, 0.15) is 0 Å². The maximum Gasteiger partial charge on any atom is 0.0660 e. The molecule has 1 heterocycles. The summed E-state index contributed by atoms with van der Waals surface area (Å²) in [7, 11) is 2.19. The van der Waals surface area contributed by atoms with Crippen LogP contribution in [0, 0.1) is 0 Å². The summed E-state index contributed by atoms with van der Waals surface area (Å²) in [6.45, 7) is 7.78. The maximum atomic E-state index is 10.5. The third-order valence-corrected chi connectivity index (χ3v) is 5.78. The van der Waals surface area contributed by atoms with Crippen LogP contribution in [-0.2, 0) is 0 Å². The van der Waals surface area contributed by atoms with Crippen LogP contribution in [0.1, 0.15) is 32.1 Å². The molecule has 0 bridgehead atoms. The van der Waals surface area contributed by atoms with E-state index in [0.29, 0.717) is 0 Å². The number of piperazine rings is 1. The lowest BCUT2D eigenvalue weighted by atomic mass is 9.98. The largest absolute Gasteiger partial charge is 0.390 e. The minimum absolute atomic E-state index is 0.366. The van der Waals surface area contributed by atoms with Gasteiger partial charge >= 0.3 is 0 Å². The molecule has 134 valence electrons. The molecule has 1 aromatic rings. The van der Waals surface area contributed by atoms with E-state index in [4.69, 9.17) is 0 Å². The lowest BCUT2D eigenvalue weighted by Gasteiger charge is -2.37. The summed E-state index contributed by atoms with van der Waals surface area (Å²) in [4.78, 5) is 7.44. The minimum Gasteiger partial charge on any atom is -0.390 e. The molecule has 0 radical (unpaired) electrons. The van der Waals surface area contributed by atoms with Crippen molar-refractivity contribution in [3.63, 3.8) is 0 Å². The fourth-order valence-electron chi connectivity index (χ4n) is 3.97. The predicted molar refractivity (Wildman–Crippen MR) is 101 cm³/mol. The standard InChI is InChI=1S/C20H33N3O/c1-21(12-11-20(24)9-5-6-10-20)13-14-22-15-17-23(18-16-22)19-7-3-2-4-8-19/h2-4,7-8,24H,5-6,9-18H2,1H3. The molecule has 0 unspecified atom stereocenters. The lowest BCUT2D eigenvalue weighted by molar-refractivity contribution is 0.0296. The summed E-state index contributed by atoms with van der Waals surface area (Å²) in [6, 6.07) is 10.7. The molecule has 2 aliphatic rings. The van der Waals surface area contributed by atoms with Crippen molar-refractivity contribution in [3.8, 4) is 0 Å². The molecular weight excluding hydrogens is 298 g/mol. The number of aliphatic hydroxyl groups is 1. The van der Waals surface area contributed by atoms with E-state index in [2.05, 4.69) is 52.1 Å². The van der Waals surface area contributed by atoms with Crippen LogP contribution < -0.4 is 4.90 Å². The van der Waals surface area contributed by atoms with Crippen molar-refractivity contribution >= 4 is 5.69 Å². The van der Waals surface area contributed by atoms with E-state index in [1.807, 2.05) is 0 Å². The number of para-hydroxylation sites is 1. The Labute approximate surface area is 147 Å². The summed E-state index contributed by atoms with van der Waals surface area (Å²) in [5.41, 5.74) is 0.981. The maximum absolute atomic E-state index is 10.5. The highest BCUT2D eigenvalue weighted by molar-refractivity contribution is 5.46. The van der Waals surface area contributed by atoms with E-state index >= 15 is 0 Å². The van der Waals surface area contributed by atoms with Crippen LogP contribution in [0.25, 0.3) is 0 Å². The zero-order valence-corrected chi connectivity index (χ0v) is 15.2. The molecule has 3 rings (SSSR count). The first-order valence-electron chi connectivity index (χ1n) is 9.58. The van der Waals surface area contributed by atoms with Gasteiger partial charge in [0, 0.05) is 51.5 Å². The average molecular weight is 332 g/mol. The Morgan fingerprint density at radius 1 is 1.00 bits per heavy atom. The van der Waals surface area contributed by atoms with Gasteiger partial charge in [-0.3, -0.25) is 4.90 Å². The van der Waals surface area contributed by atoms with Crippen LogP contribution in [0.15, 0.2) is 30.3 Å². The zero-order valence-electron chi connectivity index (χ0n) is 15.2. The van der Waals surface area contributed by atoms with Gasteiger partial charge in [0.2, 0.25) is 0 Å². The molecule has 0 aromatic heterocycles. The lowest BCUT2D eigenvalue weighted by Crippen LogP contribution is -2.48.